The third-order valence-corrected chi connectivity index (χ3v) is 1.76. The van der Waals surface area contributed by atoms with E-state index in [-0.39, 0.29) is 6.61 Å². The minimum Gasteiger partial charge on any atom is -0.481 e. The van der Waals surface area contributed by atoms with Crippen LogP contribution in [0.4, 0.5) is 0 Å². The van der Waals surface area contributed by atoms with E-state index in [1.165, 1.54) is 6.92 Å². The summed E-state index contributed by atoms with van der Waals surface area (Å²) >= 11 is 0. The van der Waals surface area contributed by atoms with Crippen LogP contribution in [0.5, 0.6) is 0 Å². The maximum atomic E-state index is 11.1. The Kier molecular flexibility index (Phi) is 5.56. The first-order valence-corrected chi connectivity index (χ1v) is 4.68. The molecule has 17 heavy (non-hydrogen) atoms. The summed E-state index contributed by atoms with van der Waals surface area (Å²) in [6.45, 7) is 0.982. The summed E-state index contributed by atoms with van der Waals surface area (Å²) in [5.41, 5.74) is -2.71. The maximum absolute atomic E-state index is 11.1. The van der Waals surface area contributed by atoms with Crippen molar-refractivity contribution in [2.45, 2.75) is 31.5 Å². The van der Waals surface area contributed by atoms with Gasteiger partial charge in [0.05, 0.1) is 18.9 Å². The number of hydrogen-bond acceptors (Lipinski definition) is 6. The van der Waals surface area contributed by atoms with Gasteiger partial charge in [0, 0.05) is 0 Å². The number of aliphatic hydroxyl groups is 2. The lowest BCUT2D eigenvalue weighted by molar-refractivity contribution is -0.172. The molecule has 0 saturated carbocycles. The Balaban J connectivity index is 4.49. The summed E-state index contributed by atoms with van der Waals surface area (Å²) < 4.78 is 4.43. The summed E-state index contributed by atoms with van der Waals surface area (Å²) in [5.74, 6) is -4.48. The zero-order valence-corrected chi connectivity index (χ0v) is 9.12. The second kappa shape index (κ2) is 6.16. The Morgan fingerprint density at radius 1 is 1.24 bits per heavy atom. The van der Waals surface area contributed by atoms with E-state index in [9.17, 15) is 19.5 Å². The highest BCUT2D eigenvalue weighted by Gasteiger charge is 2.41. The first-order valence-electron chi connectivity index (χ1n) is 4.68. The van der Waals surface area contributed by atoms with E-state index in [0.717, 1.165) is 0 Å². The molecule has 8 heteroatoms. The molecule has 0 aromatic rings. The molecule has 0 amide bonds. The Labute approximate surface area is 96.4 Å². The van der Waals surface area contributed by atoms with Crippen LogP contribution < -0.4 is 0 Å². The van der Waals surface area contributed by atoms with Gasteiger partial charge in [-0.1, -0.05) is 0 Å². The Hall–Kier alpha value is -1.67. The Bertz CT molecular complexity index is 310. The second-order valence-corrected chi connectivity index (χ2v) is 3.62. The number of aliphatic hydroxyl groups excluding tert-OH is 1. The molecule has 0 heterocycles. The van der Waals surface area contributed by atoms with Crippen LogP contribution in [0.15, 0.2) is 0 Å². The molecule has 0 radical (unpaired) electrons. The van der Waals surface area contributed by atoms with Gasteiger partial charge < -0.3 is 25.2 Å². The van der Waals surface area contributed by atoms with Gasteiger partial charge in [-0.15, -0.1) is 0 Å². The average Bonchev–Trinajstić information content (AvgIpc) is 2.12. The summed E-state index contributed by atoms with van der Waals surface area (Å²) in [4.78, 5) is 32.1. The lowest BCUT2D eigenvalue weighted by atomic mass is 9.96. The minimum atomic E-state index is -2.71. The van der Waals surface area contributed by atoms with Crippen molar-refractivity contribution in [3.8, 4) is 0 Å². The van der Waals surface area contributed by atoms with Crippen LogP contribution in [0.25, 0.3) is 0 Å². The van der Waals surface area contributed by atoms with Crippen molar-refractivity contribution in [3.63, 3.8) is 0 Å². The van der Waals surface area contributed by atoms with Gasteiger partial charge in [0.1, 0.15) is 6.61 Å². The van der Waals surface area contributed by atoms with Crippen LogP contribution in [0.3, 0.4) is 0 Å². The SMILES string of the molecule is CC(O)COC(=O)CC(O)(CC(=O)O)C(=O)O. The first kappa shape index (κ1) is 15.3. The number of carboxylic acids is 2. The van der Waals surface area contributed by atoms with Crippen molar-refractivity contribution in [1.29, 1.82) is 0 Å². The molecule has 0 saturated heterocycles. The molecule has 8 nitrogen and oxygen atoms in total. The van der Waals surface area contributed by atoms with Gasteiger partial charge in [0.15, 0.2) is 5.60 Å². The first-order chi connectivity index (χ1) is 7.67. The van der Waals surface area contributed by atoms with E-state index in [4.69, 9.17) is 15.3 Å². The molecule has 2 atom stereocenters. The maximum Gasteiger partial charge on any atom is 0.336 e. The highest BCUT2D eigenvalue weighted by atomic mass is 16.5. The van der Waals surface area contributed by atoms with Crippen LogP contribution >= 0.6 is 0 Å². The van der Waals surface area contributed by atoms with Gasteiger partial charge in [-0.2, -0.15) is 0 Å². The molecule has 0 spiro atoms. The molecule has 0 bridgehead atoms. The van der Waals surface area contributed by atoms with E-state index in [1.54, 1.807) is 0 Å². The van der Waals surface area contributed by atoms with Crippen molar-refractivity contribution in [3.05, 3.63) is 0 Å². The molecule has 2 unspecified atom stereocenters. The van der Waals surface area contributed by atoms with Crippen LogP contribution in [0, 0.1) is 0 Å². The Morgan fingerprint density at radius 2 is 1.76 bits per heavy atom. The smallest absolute Gasteiger partial charge is 0.336 e. The highest BCUT2D eigenvalue weighted by Crippen LogP contribution is 2.17. The van der Waals surface area contributed by atoms with Gasteiger partial charge in [-0.25, -0.2) is 4.79 Å². The fourth-order valence-corrected chi connectivity index (χ4v) is 0.967. The molecule has 0 aliphatic heterocycles. The predicted molar refractivity (Wildman–Crippen MR) is 52.1 cm³/mol. The number of aliphatic carboxylic acids is 2. The lowest BCUT2D eigenvalue weighted by Crippen LogP contribution is -2.43. The number of esters is 1. The van der Waals surface area contributed by atoms with Gasteiger partial charge >= 0.3 is 17.9 Å². The highest BCUT2D eigenvalue weighted by molar-refractivity contribution is 5.88. The van der Waals surface area contributed by atoms with Crippen molar-refractivity contribution in [1.82, 2.24) is 0 Å². The fourth-order valence-electron chi connectivity index (χ4n) is 0.967. The number of carboxylic acid groups (broad SMARTS) is 2. The molecule has 0 aromatic carbocycles. The number of hydrogen-bond donors (Lipinski definition) is 4. The van der Waals surface area contributed by atoms with Gasteiger partial charge in [0.25, 0.3) is 0 Å². The molecule has 0 fully saturated rings. The van der Waals surface area contributed by atoms with E-state index in [1.807, 2.05) is 0 Å². The molecule has 0 aliphatic carbocycles. The van der Waals surface area contributed by atoms with E-state index < -0.39 is 42.5 Å². The molecule has 0 rings (SSSR count). The Morgan fingerprint density at radius 3 is 2.12 bits per heavy atom. The molecular weight excluding hydrogens is 236 g/mol. The fraction of sp³-hybridized carbons (Fsp3) is 0.667. The van der Waals surface area contributed by atoms with Gasteiger partial charge in [-0.05, 0) is 6.92 Å². The zero-order chi connectivity index (χ0) is 13.6. The minimum absolute atomic E-state index is 0.360. The summed E-state index contributed by atoms with van der Waals surface area (Å²) in [6.07, 6.45) is -3.05. The summed E-state index contributed by atoms with van der Waals surface area (Å²) in [6, 6.07) is 0. The number of carbonyl (C=O) groups is 3. The second-order valence-electron chi connectivity index (χ2n) is 3.62. The third-order valence-electron chi connectivity index (χ3n) is 1.76. The summed E-state index contributed by atoms with van der Waals surface area (Å²) in [7, 11) is 0. The number of rotatable bonds is 7. The van der Waals surface area contributed by atoms with Gasteiger partial charge in [0.2, 0.25) is 0 Å². The molecule has 0 aromatic heterocycles. The van der Waals surface area contributed by atoms with E-state index in [0.29, 0.717) is 0 Å². The monoisotopic (exact) mass is 250 g/mol. The van der Waals surface area contributed by atoms with Crippen LogP contribution in [-0.2, 0) is 19.1 Å². The van der Waals surface area contributed by atoms with Crippen LogP contribution in [0.2, 0.25) is 0 Å². The molecular formula is C9H14O8. The molecule has 98 valence electrons. The zero-order valence-electron chi connectivity index (χ0n) is 9.12. The standard InChI is InChI=1S/C9H14O8/c1-5(10)4-17-7(13)3-9(16,8(14)15)2-6(11)12/h5,10,16H,2-4H2,1H3,(H,11,12)(H,14,15). The normalized spacial score (nSPS) is 15.7. The predicted octanol–water partition coefficient (Wildman–Crippen LogP) is -1.41. The summed E-state index contributed by atoms with van der Waals surface area (Å²) in [5, 5.41) is 35.3. The quantitative estimate of drug-likeness (QED) is 0.404. The van der Waals surface area contributed by atoms with Crippen molar-refractivity contribution in [2.75, 3.05) is 6.61 Å². The number of ether oxygens (including phenoxy) is 1. The topological polar surface area (TPSA) is 141 Å². The largest absolute Gasteiger partial charge is 0.481 e. The number of carbonyl (C=O) groups excluding carboxylic acids is 1. The molecule has 0 aliphatic rings. The van der Waals surface area contributed by atoms with E-state index >= 15 is 0 Å². The van der Waals surface area contributed by atoms with Crippen molar-refractivity contribution in [2.24, 2.45) is 0 Å². The lowest BCUT2D eigenvalue weighted by Gasteiger charge is -2.20. The average molecular weight is 250 g/mol. The van der Waals surface area contributed by atoms with Crippen LogP contribution in [-0.4, -0.2) is 56.6 Å². The van der Waals surface area contributed by atoms with Crippen LogP contribution in [0.1, 0.15) is 19.8 Å². The third kappa shape index (κ3) is 5.83. The van der Waals surface area contributed by atoms with Crippen molar-refractivity contribution < 1.29 is 39.5 Å². The van der Waals surface area contributed by atoms with Crippen molar-refractivity contribution >= 4 is 17.9 Å². The van der Waals surface area contributed by atoms with Gasteiger partial charge in [-0.3, -0.25) is 9.59 Å². The van der Waals surface area contributed by atoms with E-state index in [2.05, 4.69) is 4.74 Å². The molecule has 4 N–H and O–H groups in total.